The van der Waals surface area contributed by atoms with E-state index in [1.54, 1.807) is 30.2 Å². The minimum absolute atomic E-state index is 0.0198. The van der Waals surface area contributed by atoms with E-state index in [2.05, 4.69) is 9.97 Å². The van der Waals surface area contributed by atoms with E-state index in [1.165, 1.54) is 30.5 Å². The summed E-state index contributed by atoms with van der Waals surface area (Å²) in [7, 11) is 0. The number of ether oxygens (including phenoxy) is 2. The highest BCUT2D eigenvalue weighted by atomic mass is 35.5. The summed E-state index contributed by atoms with van der Waals surface area (Å²) >= 11 is 5.93. The van der Waals surface area contributed by atoms with Crippen molar-refractivity contribution in [3.05, 3.63) is 77.3 Å². The molecular weight excluding hydrogens is 461 g/mol. The van der Waals surface area contributed by atoms with Crippen LogP contribution in [0.1, 0.15) is 23.7 Å². The molecule has 1 aliphatic heterocycles. The second-order valence-electron chi connectivity index (χ2n) is 8.02. The highest BCUT2D eigenvalue weighted by Crippen LogP contribution is 2.34. The molecule has 0 bridgehead atoms. The Labute approximate surface area is 201 Å². The summed E-state index contributed by atoms with van der Waals surface area (Å²) in [5.74, 6) is -0.881. The van der Waals surface area contributed by atoms with Gasteiger partial charge in [0.1, 0.15) is 17.8 Å². The van der Waals surface area contributed by atoms with Gasteiger partial charge in [-0.2, -0.15) is 0 Å². The van der Waals surface area contributed by atoms with Gasteiger partial charge in [0.05, 0.1) is 24.7 Å². The van der Waals surface area contributed by atoms with Gasteiger partial charge in [0, 0.05) is 29.2 Å². The van der Waals surface area contributed by atoms with E-state index in [0.29, 0.717) is 29.2 Å². The van der Waals surface area contributed by atoms with Gasteiger partial charge in [-0.15, -0.1) is 0 Å². The van der Waals surface area contributed by atoms with Crippen molar-refractivity contribution < 1.29 is 23.5 Å². The van der Waals surface area contributed by atoms with Crippen LogP contribution in [0.5, 0.6) is 5.88 Å². The zero-order valence-electron chi connectivity index (χ0n) is 18.5. The van der Waals surface area contributed by atoms with E-state index in [1.807, 2.05) is 12.1 Å². The van der Waals surface area contributed by atoms with Crippen LogP contribution in [0.15, 0.2) is 60.9 Å². The van der Waals surface area contributed by atoms with E-state index in [9.17, 15) is 14.0 Å². The number of esters is 1. The summed E-state index contributed by atoms with van der Waals surface area (Å²) in [6, 6.07) is 12.5. The number of carbonyl (C=O) groups is 2. The number of hydrogen-bond acceptors (Lipinski definition) is 6. The number of benzene rings is 2. The Balaban J connectivity index is 1.46. The largest absolute Gasteiger partial charge is 0.475 e. The topological polar surface area (TPSA) is 81.6 Å². The minimum Gasteiger partial charge on any atom is -0.475 e. The van der Waals surface area contributed by atoms with Crippen LogP contribution in [-0.2, 0) is 9.53 Å². The van der Waals surface area contributed by atoms with Crippen molar-refractivity contribution in [2.45, 2.75) is 13.3 Å². The van der Waals surface area contributed by atoms with Crippen LogP contribution in [0, 0.1) is 11.2 Å². The third-order valence-electron chi connectivity index (χ3n) is 5.71. The van der Waals surface area contributed by atoms with Crippen molar-refractivity contribution in [1.82, 2.24) is 14.9 Å². The number of rotatable bonds is 7. The molecule has 0 radical (unpaired) electrons. The molecule has 0 spiro atoms. The lowest BCUT2D eigenvalue weighted by Gasteiger charge is -2.26. The Morgan fingerprint density at radius 1 is 1.09 bits per heavy atom. The van der Waals surface area contributed by atoms with E-state index in [4.69, 9.17) is 21.1 Å². The number of aromatic nitrogens is 2. The van der Waals surface area contributed by atoms with Gasteiger partial charge in [-0.3, -0.25) is 9.59 Å². The van der Waals surface area contributed by atoms with Crippen LogP contribution < -0.4 is 4.74 Å². The molecule has 1 unspecified atom stereocenters. The minimum atomic E-state index is -1.04. The molecule has 0 saturated carbocycles. The zero-order valence-corrected chi connectivity index (χ0v) is 19.3. The number of nitrogens with zero attached hydrogens (tertiary/aromatic N) is 3. The predicted molar refractivity (Wildman–Crippen MR) is 124 cm³/mol. The molecule has 1 fully saturated rings. The SMILES string of the molecule is CCOC(=O)C1(COc2cnc(-c3ccc(Cl)cc3)cn2)CCN(C(=O)c2ccc(F)cc2)C1. The van der Waals surface area contributed by atoms with E-state index < -0.39 is 17.2 Å². The van der Waals surface area contributed by atoms with Crippen LogP contribution in [0.2, 0.25) is 5.02 Å². The Hall–Kier alpha value is -3.52. The molecule has 2 aromatic carbocycles. The maximum absolute atomic E-state index is 13.2. The van der Waals surface area contributed by atoms with Gasteiger partial charge >= 0.3 is 5.97 Å². The molecule has 1 aliphatic rings. The lowest BCUT2D eigenvalue weighted by Crippen LogP contribution is -2.42. The summed E-state index contributed by atoms with van der Waals surface area (Å²) in [5.41, 5.74) is 0.825. The summed E-state index contributed by atoms with van der Waals surface area (Å²) in [4.78, 5) is 36.0. The zero-order chi connectivity index (χ0) is 24.1. The van der Waals surface area contributed by atoms with Gasteiger partial charge in [0.2, 0.25) is 5.88 Å². The third-order valence-corrected chi connectivity index (χ3v) is 5.96. The second-order valence-corrected chi connectivity index (χ2v) is 8.46. The molecule has 2 heterocycles. The van der Waals surface area contributed by atoms with Crippen molar-refractivity contribution in [3.8, 4) is 17.1 Å². The second kappa shape index (κ2) is 10.2. The first-order valence-corrected chi connectivity index (χ1v) is 11.2. The fraction of sp³-hybridized carbons (Fsp3) is 0.280. The number of carbonyl (C=O) groups excluding carboxylic acids is 2. The molecule has 4 rings (SSSR count). The summed E-state index contributed by atoms with van der Waals surface area (Å²) in [5, 5.41) is 0.629. The van der Waals surface area contributed by atoms with Crippen molar-refractivity contribution in [3.63, 3.8) is 0 Å². The van der Waals surface area contributed by atoms with Gasteiger partial charge in [0.25, 0.3) is 5.91 Å². The standard InChI is InChI=1S/C25H23ClFN3O4/c1-2-33-24(32)25(11-12-30(15-25)23(31)18-5-9-20(27)10-6-18)16-34-22-14-28-21(13-29-22)17-3-7-19(26)8-4-17/h3-10,13-14H,2,11-12,15-16H2,1H3. The third kappa shape index (κ3) is 5.17. The number of hydrogen-bond donors (Lipinski definition) is 0. The molecule has 1 saturated heterocycles. The van der Waals surface area contributed by atoms with Crippen molar-refractivity contribution in [1.29, 1.82) is 0 Å². The fourth-order valence-electron chi connectivity index (χ4n) is 3.82. The average molecular weight is 484 g/mol. The van der Waals surface area contributed by atoms with Gasteiger partial charge < -0.3 is 14.4 Å². The van der Waals surface area contributed by atoms with Crippen molar-refractivity contribution in [2.24, 2.45) is 5.41 Å². The van der Waals surface area contributed by atoms with Gasteiger partial charge in [0.15, 0.2) is 0 Å². The maximum atomic E-state index is 13.2. The molecule has 7 nitrogen and oxygen atoms in total. The fourth-order valence-corrected chi connectivity index (χ4v) is 3.95. The first-order valence-electron chi connectivity index (χ1n) is 10.8. The Kier molecular flexibility index (Phi) is 7.07. The van der Waals surface area contributed by atoms with Crippen molar-refractivity contribution >= 4 is 23.5 Å². The average Bonchev–Trinajstić information content (AvgIpc) is 3.30. The smallest absolute Gasteiger partial charge is 0.317 e. The molecular formula is C25H23ClFN3O4. The molecule has 176 valence electrons. The Morgan fingerprint density at radius 2 is 1.82 bits per heavy atom. The normalized spacial score (nSPS) is 17.4. The van der Waals surface area contributed by atoms with Crippen LogP contribution in [0.25, 0.3) is 11.3 Å². The summed E-state index contributed by atoms with van der Waals surface area (Å²) < 4.78 is 24.4. The Morgan fingerprint density at radius 3 is 2.47 bits per heavy atom. The van der Waals surface area contributed by atoms with E-state index >= 15 is 0 Å². The number of likely N-dealkylation sites (tertiary alicyclic amines) is 1. The van der Waals surface area contributed by atoms with Crippen LogP contribution in [0.4, 0.5) is 4.39 Å². The summed E-state index contributed by atoms with van der Waals surface area (Å²) in [6.45, 7) is 2.39. The Bertz CT molecular complexity index is 1160. The highest BCUT2D eigenvalue weighted by molar-refractivity contribution is 6.30. The monoisotopic (exact) mass is 483 g/mol. The lowest BCUT2D eigenvalue weighted by molar-refractivity contribution is -0.156. The van der Waals surface area contributed by atoms with E-state index in [-0.39, 0.29) is 31.5 Å². The molecule has 34 heavy (non-hydrogen) atoms. The van der Waals surface area contributed by atoms with Gasteiger partial charge in [-0.05, 0) is 49.7 Å². The van der Waals surface area contributed by atoms with Gasteiger partial charge in [-0.1, -0.05) is 23.7 Å². The molecule has 9 heteroatoms. The maximum Gasteiger partial charge on any atom is 0.317 e. The van der Waals surface area contributed by atoms with E-state index in [0.717, 1.165) is 5.56 Å². The van der Waals surface area contributed by atoms with Gasteiger partial charge in [-0.25, -0.2) is 14.4 Å². The lowest BCUT2D eigenvalue weighted by atomic mass is 9.88. The molecule has 1 atom stereocenters. The predicted octanol–water partition coefficient (Wildman–Crippen LogP) is 4.41. The highest BCUT2D eigenvalue weighted by Gasteiger charge is 2.48. The van der Waals surface area contributed by atoms with Crippen LogP contribution in [-0.4, -0.2) is 53.0 Å². The first-order chi connectivity index (χ1) is 16.4. The summed E-state index contributed by atoms with van der Waals surface area (Å²) in [6.07, 6.45) is 3.43. The molecule has 0 N–H and O–H groups in total. The van der Waals surface area contributed by atoms with Crippen LogP contribution >= 0.6 is 11.6 Å². The first kappa shape index (κ1) is 23.6. The molecule has 3 aromatic rings. The number of halogens is 2. The molecule has 1 aromatic heterocycles. The number of amides is 1. The molecule has 0 aliphatic carbocycles. The van der Waals surface area contributed by atoms with Crippen LogP contribution in [0.3, 0.4) is 0 Å². The quantitative estimate of drug-likeness (QED) is 0.463. The molecule has 1 amide bonds. The van der Waals surface area contributed by atoms with Crippen molar-refractivity contribution in [2.75, 3.05) is 26.3 Å².